The van der Waals surface area contributed by atoms with E-state index >= 15 is 0 Å². The number of likely N-dealkylation sites (tertiary alicyclic amines) is 2. The Kier molecular flexibility index (Phi) is 10.7. The van der Waals surface area contributed by atoms with Crippen molar-refractivity contribution < 1.29 is 37.8 Å². The number of para-hydroxylation sites is 1. The average molecular weight is 708 g/mol. The SMILES string of the molecule is [B]c1cc(C[C@@H](OC(=O)N2CCC(N3CCc4ccccc4NC3=O)CC2)C(=O)N2CCC(C3(O)CCN(S(C)(=O)=O)CC3)CC2)ccc1O. The second-order valence-electron chi connectivity index (χ2n) is 14.1. The van der Waals surface area contributed by atoms with Gasteiger partial charge in [-0.05, 0) is 74.1 Å². The fourth-order valence-corrected chi connectivity index (χ4v) is 8.72. The summed E-state index contributed by atoms with van der Waals surface area (Å²) in [7, 11) is 2.61. The van der Waals surface area contributed by atoms with E-state index in [-0.39, 0.29) is 54.6 Å². The van der Waals surface area contributed by atoms with Gasteiger partial charge in [-0.2, -0.15) is 0 Å². The number of fused-ring (bicyclic) bond motifs is 1. The van der Waals surface area contributed by atoms with Crippen LogP contribution in [-0.4, -0.2) is 133 Å². The number of aromatic hydroxyl groups is 1. The van der Waals surface area contributed by atoms with Crippen molar-refractivity contribution in [1.82, 2.24) is 19.0 Å². The number of phenolic OH excluding ortho intramolecular Hbond substituents is 1. The Morgan fingerprint density at radius 2 is 1.64 bits per heavy atom. The molecule has 4 aliphatic heterocycles. The first-order chi connectivity index (χ1) is 23.8. The lowest BCUT2D eigenvalue weighted by atomic mass is 9.75. The molecule has 15 heteroatoms. The van der Waals surface area contributed by atoms with E-state index in [9.17, 15) is 33.0 Å². The number of nitrogens with one attached hydrogen (secondary N) is 1. The Hall–Kier alpha value is -3.82. The molecule has 0 aliphatic carbocycles. The highest BCUT2D eigenvalue weighted by molar-refractivity contribution is 7.88. The van der Waals surface area contributed by atoms with Gasteiger partial charge in [0, 0.05) is 64.0 Å². The molecule has 0 aromatic heterocycles. The van der Waals surface area contributed by atoms with Gasteiger partial charge in [-0.25, -0.2) is 22.3 Å². The molecule has 4 amide bonds. The van der Waals surface area contributed by atoms with Gasteiger partial charge in [-0.3, -0.25) is 4.79 Å². The second kappa shape index (κ2) is 14.8. The first-order valence-corrected chi connectivity index (χ1v) is 19.3. The maximum absolute atomic E-state index is 14.0. The van der Waals surface area contributed by atoms with Crippen LogP contribution >= 0.6 is 0 Å². The van der Waals surface area contributed by atoms with Gasteiger partial charge >= 0.3 is 12.1 Å². The fraction of sp³-hybridized carbons (Fsp3) is 0.571. The van der Waals surface area contributed by atoms with E-state index in [1.165, 1.54) is 16.6 Å². The molecule has 268 valence electrons. The van der Waals surface area contributed by atoms with Crippen LogP contribution in [0, 0.1) is 5.92 Å². The van der Waals surface area contributed by atoms with E-state index < -0.39 is 27.8 Å². The minimum absolute atomic E-state index is 0.0412. The van der Waals surface area contributed by atoms with Crippen LogP contribution in [0.15, 0.2) is 42.5 Å². The summed E-state index contributed by atoms with van der Waals surface area (Å²) in [6.45, 7) is 2.57. The van der Waals surface area contributed by atoms with Crippen LogP contribution < -0.4 is 10.8 Å². The van der Waals surface area contributed by atoms with Crippen molar-refractivity contribution >= 4 is 47.1 Å². The molecule has 2 aromatic carbocycles. The van der Waals surface area contributed by atoms with Crippen LogP contribution in [0.4, 0.5) is 15.3 Å². The number of carbonyl (C=O) groups is 3. The van der Waals surface area contributed by atoms with E-state index in [4.69, 9.17) is 12.6 Å². The molecule has 0 spiro atoms. The summed E-state index contributed by atoms with van der Waals surface area (Å²) in [6, 6.07) is 12.2. The molecule has 3 fully saturated rings. The summed E-state index contributed by atoms with van der Waals surface area (Å²) in [5.41, 5.74) is 1.68. The molecule has 3 saturated heterocycles. The number of phenols is 1. The molecule has 2 aromatic rings. The highest BCUT2D eigenvalue weighted by Crippen LogP contribution is 2.37. The summed E-state index contributed by atoms with van der Waals surface area (Å²) >= 11 is 0. The molecule has 4 heterocycles. The van der Waals surface area contributed by atoms with Gasteiger partial charge in [0.25, 0.3) is 5.91 Å². The molecule has 6 rings (SSSR count). The molecule has 13 nitrogen and oxygen atoms in total. The normalized spacial score (nSPS) is 21.6. The number of benzene rings is 2. The first-order valence-electron chi connectivity index (χ1n) is 17.5. The average Bonchev–Trinajstić information content (AvgIpc) is 3.27. The molecule has 4 aliphatic rings. The summed E-state index contributed by atoms with van der Waals surface area (Å²) in [6.07, 6.45) is 3.13. The molecule has 0 saturated carbocycles. The maximum atomic E-state index is 14.0. The number of hydrogen-bond acceptors (Lipinski definition) is 8. The highest BCUT2D eigenvalue weighted by Gasteiger charge is 2.44. The first kappa shape index (κ1) is 36.0. The Morgan fingerprint density at radius 3 is 2.30 bits per heavy atom. The zero-order valence-electron chi connectivity index (χ0n) is 28.5. The number of nitrogens with zero attached hydrogens (tertiary/aromatic N) is 4. The number of urea groups is 1. The second-order valence-corrected chi connectivity index (χ2v) is 16.1. The molecule has 0 unspecified atom stereocenters. The molecule has 0 bridgehead atoms. The lowest BCUT2D eigenvalue weighted by Gasteiger charge is -2.45. The van der Waals surface area contributed by atoms with Gasteiger partial charge in [-0.1, -0.05) is 35.8 Å². The predicted molar refractivity (Wildman–Crippen MR) is 188 cm³/mol. The lowest BCUT2D eigenvalue weighted by Crippen LogP contribution is -2.54. The van der Waals surface area contributed by atoms with Crippen molar-refractivity contribution in [2.24, 2.45) is 5.92 Å². The van der Waals surface area contributed by atoms with E-state index in [0.717, 1.165) is 17.7 Å². The maximum Gasteiger partial charge on any atom is 0.410 e. The summed E-state index contributed by atoms with van der Waals surface area (Å²) in [4.78, 5) is 45.7. The highest BCUT2D eigenvalue weighted by atomic mass is 32.2. The number of piperidine rings is 3. The largest absolute Gasteiger partial charge is 0.509 e. The number of hydrogen-bond donors (Lipinski definition) is 3. The predicted octanol–water partition coefficient (Wildman–Crippen LogP) is 1.81. The van der Waals surface area contributed by atoms with Crippen LogP contribution in [0.25, 0.3) is 0 Å². The number of anilines is 1. The topological polar surface area (TPSA) is 160 Å². The molecular formula is C35H46BN5O8S. The van der Waals surface area contributed by atoms with Crippen LogP contribution in [0.2, 0.25) is 0 Å². The third-order valence-electron chi connectivity index (χ3n) is 11.0. The van der Waals surface area contributed by atoms with Gasteiger partial charge in [0.05, 0.1) is 11.9 Å². The van der Waals surface area contributed by atoms with E-state index in [0.29, 0.717) is 76.8 Å². The van der Waals surface area contributed by atoms with E-state index in [2.05, 4.69) is 5.32 Å². The monoisotopic (exact) mass is 707 g/mol. The number of rotatable bonds is 7. The Bertz CT molecular complexity index is 1690. The molecule has 1 atom stereocenters. The Morgan fingerprint density at radius 1 is 0.980 bits per heavy atom. The van der Waals surface area contributed by atoms with Crippen molar-refractivity contribution in [3.63, 3.8) is 0 Å². The number of aliphatic hydroxyl groups is 1. The van der Waals surface area contributed by atoms with Crippen molar-refractivity contribution in [2.75, 3.05) is 57.4 Å². The minimum atomic E-state index is -3.32. The van der Waals surface area contributed by atoms with Gasteiger partial charge in [0.15, 0.2) is 6.10 Å². The van der Waals surface area contributed by atoms with Crippen LogP contribution in [0.3, 0.4) is 0 Å². The number of sulfonamides is 1. The summed E-state index contributed by atoms with van der Waals surface area (Å²) < 4.78 is 31.3. The van der Waals surface area contributed by atoms with Crippen molar-refractivity contribution in [1.29, 1.82) is 0 Å². The van der Waals surface area contributed by atoms with Gasteiger partial charge < -0.3 is 35.0 Å². The third-order valence-corrected chi connectivity index (χ3v) is 12.3. The quantitative estimate of drug-likeness (QED) is 0.368. The molecular weight excluding hydrogens is 661 g/mol. The van der Waals surface area contributed by atoms with Gasteiger partial charge in [0.1, 0.15) is 13.6 Å². The molecule has 2 radical (unpaired) electrons. The van der Waals surface area contributed by atoms with Crippen LogP contribution in [-0.2, 0) is 32.4 Å². The molecule has 3 N–H and O–H groups in total. The van der Waals surface area contributed by atoms with Gasteiger partial charge in [0.2, 0.25) is 10.0 Å². The summed E-state index contributed by atoms with van der Waals surface area (Å²) in [5, 5.41) is 24.4. The number of ether oxygens (including phenoxy) is 1. The number of carbonyl (C=O) groups excluding carboxylic acids is 3. The van der Waals surface area contributed by atoms with E-state index in [1.54, 1.807) is 21.9 Å². The summed E-state index contributed by atoms with van der Waals surface area (Å²) in [5.74, 6) is -0.522. The van der Waals surface area contributed by atoms with Crippen LogP contribution in [0.1, 0.15) is 49.7 Å². The lowest BCUT2D eigenvalue weighted by molar-refractivity contribution is -0.145. The number of amides is 4. The standard InChI is InChI=1S/C35H46BN5O8S/c1-50(47,48)40-20-13-35(46,14-21-40)26-9-15-38(16-10-26)32(43)31(23-24-6-7-30(42)28(36)22-24)49-34(45)39-17-11-27(12-18-39)41-19-8-25-4-2-3-5-29(25)37-33(41)44/h2-7,22,26-27,31,42,46H,8-21,23H2,1H3,(H,37,44)/t31-/m1/s1. The van der Waals surface area contributed by atoms with Crippen LogP contribution in [0.5, 0.6) is 5.75 Å². The Balaban J connectivity index is 1.07. The fourth-order valence-electron chi connectivity index (χ4n) is 7.87. The molecule has 50 heavy (non-hydrogen) atoms. The van der Waals surface area contributed by atoms with Crippen molar-refractivity contribution in [3.05, 3.63) is 53.6 Å². The third kappa shape index (κ3) is 8.05. The zero-order chi connectivity index (χ0) is 35.6. The zero-order valence-corrected chi connectivity index (χ0v) is 29.3. The van der Waals surface area contributed by atoms with Crippen molar-refractivity contribution in [3.8, 4) is 5.75 Å². The Labute approximate surface area is 295 Å². The smallest absolute Gasteiger partial charge is 0.410 e. The van der Waals surface area contributed by atoms with Crippen molar-refractivity contribution in [2.45, 2.75) is 69.1 Å². The van der Waals surface area contributed by atoms with Gasteiger partial charge in [-0.15, -0.1) is 0 Å². The minimum Gasteiger partial charge on any atom is -0.509 e. The van der Waals surface area contributed by atoms with E-state index in [1.807, 2.05) is 29.2 Å².